The highest BCUT2D eigenvalue weighted by Crippen LogP contribution is 2.37. The molecular weight excluding hydrogens is 358 g/mol. The van der Waals surface area contributed by atoms with E-state index in [1.807, 2.05) is 6.07 Å². The van der Waals surface area contributed by atoms with Gasteiger partial charge in [0.05, 0.1) is 15.3 Å². The van der Waals surface area contributed by atoms with Crippen LogP contribution in [0.5, 0.6) is 0 Å². The van der Waals surface area contributed by atoms with Crippen LogP contribution >= 0.6 is 11.6 Å². The molecule has 0 spiro atoms. The molecule has 1 N–H and O–H groups in total. The molecule has 1 aromatic heterocycles. The second kappa shape index (κ2) is 5.59. The van der Waals surface area contributed by atoms with Gasteiger partial charge in [0.15, 0.2) is 0 Å². The summed E-state index contributed by atoms with van der Waals surface area (Å²) in [6, 6.07) is 11.4. The quantitative estimate of drug-likeness (QED) is 0.725. The van der Waals surface area contributed by atoms with Crippen LogP contribution in [0, 0.1) is 0 Å². The van der Waals surface area contributed by atoms with Crippen LogP contribution in [0.1, 0.15) is 25.2 Å². The van der Waals surface area contributed by atoms with Crippen molar-refractivity contribution in [2.24, 2.45) is 0 Å². The number of nitrogens with one attached hydrogen (secondary N) is 1. The van der Waals surface area contributed by atoms with E-state index in [1.54, 1.807) is 30.3 Å². The molecule has 6 heteroatoms. The fourth-order valence-electron chi connectivity index (χ4n) is 3.40. The Morgan fingerprint density at radius 2 is 1.88 bits per heavy atom. The maximum Gasteiger partial charge on any atom is 0.206 e. The monoisotopic (exact) mass is 375 g/mol. The molecule has 4 rings (SSSR count). The average Bonchev–Trinajstić information content (AvgIpc) is 2.94. The van der Waals surface area contributed by atoms with Gasteiger partial charge in [-0.25, -0.2) is 8.42 Å². The van der Waals surface area contributed by atoms with E-state index >= 15 is 0 Å². The number of fused-ring (bicyclic) bond motifs is 3. The third-order valence-electron chi connectivity index (χ3n) is 4.69. The number of rotatable bonds is 2. The first-order chi connectivity index (χ1) is 11.8. The second-order valence-corrected chi connectivity index (χ2v) is 9.22. The lowest BCUT2D eigenvalue weighted by molar-refractivity contribution is 0.310. The van der Waals surface area contributed by atoms with Gasteiger partial charge in [-0.3, -0.25) is 0 Å². The number of halogens is 1. The topological polar surface area (TPSA) is 59.3 Å². The molecule has 1 aliphatic rings. The molecule has 0 saturated carbocycles. The Bertz CT molecular complexity index is 1080. The van der Waals surface area contributed by atoms with E-state index in [2.05, 4.69) is 19.2 Å². The highest BCUT2D eigenvalue weighted by atomic mass is 35.5. The lowest BCUT2D eigenvalue weighted by Gasteiger charge is -2.29. The predicted octanol–water partition coefficient (Wildman–Crippen LogP) is 4.30. The maximum atomic E-state index is 12.9. The molecule has 0 amide bonds. The standard InChI is InChI=1S/C19H18ClNO3S/c1-19(2)18-16(8-9-21-19)15-7-6-14(11-17(15)24-18)25(22,23)13-5-3-4-12(20)10-13/h3-7,10-11,21H,8-9H2,1-2H3. The van der Waals surface area contributed by atoms with Crippen LogP contribution < -0.4 is 5.32 Å². The highest BCUT2D eigenvalue weighted by Gasteiger charge is 2.32. The number of furan rings is 1. The highest BCUT2D eigenvalue weighted by molar-refractivity contribution is 7.91. The normalized spacial score (nSPS) is 16.8. The molecule has 25 heavy (non-hydrogen) atoms. The Labute approximate surface area is 151 Å². The Balaban J connectivity index is 1.88. The summed E-state index contributed by atoms with van der Waals surface area (Å²) >= 11 is 5.94. The van der Waals surface area contributed by atoms with Crippen molar-refractivity contribution in [1.29, 1.82) is 0 Å². The van der Waals surface area contributed by atoms with Crippen LogP contribution in [-0.2, 0) is 21.8 Å². The SMILES string of the molecule is CC1(C)NCCc2c1oc1cc(S(=O)(=O)c3cccc(Cl)c3)ccc21. The van der Waals surface area contributed by atoms with Gasteiger partial charge in [-0.1, -0.05) is 17.7 Å². The molecule has 1 aliphatic heterocycles. The molecule has 130 valence electrons. The van der Waals surface area contributed by atoms with Crippen molar-refractivity contribution in [3.8, 4) is 0 Å². The summed E-state index contributed by atoms with van der Waals surface area (Å²) in [7, 11) is -3.64. The fourth-order valence-corrected chi connectivity index (χ4v) is 4.98. The minimum Gasteiger partial charge on any atom is -0.459 e. The van der Waals surface area contributed by atoms with Crippen LogP contribution in [0.3, 0.4) is 0 Å². The number of hydrogen-bond donors (Lipinski definition) is 1. The molecule has 2 aromatic carbocycles. The molecule has 3 aromatic rings. The van der Waals surface area contributed by atoms with Gasteiger partial charge in [-0.15, -0.1) is 0 Å². The summed E-state index contributed by atoms with van der Waals surface area (Å²) in [6.45, 7) is 5.01. The van der Waals surface area contributed by atoms with E-state index < -0.39 is 9.84 Å². The van der Waals surface area contributed by atoms with Crippen molar-refractivity contribution >= 4 is 32.4 Å². The first-order valence-electron chi connectivity index (χ1n) is 8.11. The van der Waals surface area contributed by atoms with E-state index in [1.165, 1.54) is 6.07 Å². The lowest BCUT2D eigenvalue weighted by atomic mass is 9.91. The maximum absolute atomic E-state index is 12.9. The number of benzene rings is 2. The largest absolute Gasteiger partial charge is 0.459 e. The van der Waals surface area contributed by atoms with E-state index in [9.17, 15) is 8.42 Å². The zero-order valence-corrected chi connectivity index (χ0v) is 15.5. The number of sulfone groups is 1. The summed E-state index contributed by atoms with van der Waals surface area (Å²) in [4.78, 5) is 0.386. The Hall–Kier alpha value is -1.82. The van der Waals surface area contributed by atoms with Crippen molar-refractivity contribution < 1.29 is 12.8 Å². The predicted molar refractivity (Wildman–Crippen MR) is 97.9 cm³/mol. The molecular formula is C19H18ClNO3S. The molecule has 0 bridgehead atoms. The minimum absolute atomic E-state index is 0.178. The molecule has 2 heterocycles. The Morgan fingerprint density at radius 3 is 2.64 bits per heavy atom. The molecule has 0 aliphatic carbocycles. The second-order valence-electron chi connectivity index (χ2n) is 6.83. The summed E-state index contributed by atoms with van der Waals surface area (Å²) < 4.78 is 31.8. The Kier molecular flexibility index (Phi) is 3.72. The van der Waals surface area contributed by atoms with E-state index in [0.29, 0.717) is 10.6 Å². The summed E-state index contributed by atoms with van der Waals surface area (Å²) in [5.74, 6) is 0.881. The van der Waals surface area contributed by atoms with Gasteiger partial charge in [-0.2, -0.15) is 0 Å². The summed E-state index contributed by atoms with van der Waals surface area (Å²) in [6.07, 6.45) is 0.867. The third-order valence-corrected chi connectivity index (χ3v) is 6.67. The summed E-state index contributed by atoms with van der Waals surface area (Å²) in [5.41, 5.74) is 1.49. The van der Waals surface area contributed by atoms with Gasteiger partial charge >= 0.3 is 0 Å². The zero-order chi connectivity index (χ0) is 17.8. The smallest absolute Gasteiger partial charge is 0.206 e. The van der Waals surface area contributed by atoms with Crippen molar-refractivity contribution in [2.45, 2.75) is 35.6 Å². The van der Waals surface area contributed by atoms with Crippen LogP contribution in [0.25, 0.3) is 11.0 Å². The van der Waals surface area contributed by atoms with Crippen molar-refractivity contribution in [3.63, 3.8) is 0 Å². The van der Waals surface area contributed by atoms with Gasteiger partial charge in [0.1, 0.15) is 11.3 Å². The molecule has 0 unspecified atom stereocenters. The van der Waals surface area contributed by atoms with Crippen LogP contribution in [0.2, 0.25) is 5.02 Å². The van der Waals surface area contributed by atoms with Crippen LogP contribution in [-0.4, -0.2) is 15.0 Å². The number of hydrogen-bond acceptors (Lipinski definition) is 4. The van der Waals surface area contributed by atoms with Crippen LogP contribution in [0.4, 0.5) is 0 Å². The van der Waals surface area contributed by atoms with Gasteiger partial charge in [0.25, 0.3) is 0 Å². The molecule has 0 atom stereocenters. The molecule has 0 radical (unpaired) electrons. The van der Waals surface area contributed by atoms with Gasteiger partial charge < -0.3 is 9.73 Å². The van der Waals surface area contributed by atoms with Gasteiger partial charge in [0.2, 0.25) is 9.84 Å². The van der Waals surface area contributed by atoms with Crippen LogP contribution in [0.15, 0.2) is 56.7 Å². The Morgan fingerprint density at radius 1 is 1.12 bits per heavy atom. The molecule has 0 saturated heterocycles. The molecule has 0 fully saturated rings. The first kappa shape index (κ1) is 16.6. The van der Waals surface area contributed by atoms with E-state index in [-0.39, 0.29) is 15.3 Å². The molecule has 4 nitrogen and oxygen atoms in total. The minimum atomic E-state index is -3.64. The zero-order valence-electron chi connectivity index (χ0n) is 14.0. The van der Waals surface area contributed by atoms with E-state index in [4.69, 9.17) is 16.0 Å². The van der Waals surface area contributed by atoms with Crippen molar-refractivity contribution in [1.82, 2.24) is 5.32 Å². The van der Waals surface area contributed by atoms with Gasteiger partial charge in [-0.05, 0) is 50.6 Å². The van der Waals surface area contributed by atoms with E-state index in [0.717, 1.165) is 29.7 Å². The first-order valence-corrected chi connectivity index (χ1v) is 9.97. The average molecular weight is 376 g/mol. The third kappa shape index (κ3) is 2.67. The fraction of sp³-hybridized carbons (Fsp3) is 0.263. The van der Waals surface area contributed by atoms with Crippen molar-refractivity contribution in [3.05, 3.63) is 58.8 Å². The van der Waals surface area contributed by atoms with Crippen molar-refractivity contribution in [2.75, 3.05) is 6.54 Å². The summed E-state index contributed by atoms with van der Waals surface area (Å²) in [5, 5.41) is 4.80. The lowest BCUT2D eigenvalue weighted by Crippen LogP contribution is -2.41. The van der Waals surface area contributed by atoms with Gasteiger partial charge in [0, 0.05) is 28.6 Å².